The second-order valence-corrected chi connectivity index (χ2v) is 6.03. The molecule has 0 saturated heterocycles. The number of rotatable bonds is 4. The Morgan fingerprint density at radius 1 is 1.36 bits per heavy atom. The zero-order valence-electron chi connectivity index (χ0n) is 12.7. The van der Waals surface area contributed by atoms with E-state index < -0.39 is 0 Å². The van der Waals surface area contributed by atoms with E-state index in [1.165, 1.54) is 0 Å². The lowest BCUT2D eigenvalue weighted by atomic mass is 10.00. The van der Waals surface area contributed by atoms with Gasteiger partial charge in [-0.2, -0.15) is 5.10 Å². The van der Waals surface area contributed by atoms with Crippen molar-refractivity contribution in [1.82, 2.24) is 5.01 Å². The van der Waals surface area contributed by atoms with Gasteiger partial charge in [0.15, 0.2) is 0 Å². The Balaban J connectivity index is 1.96. The van der Waals surface area contributed by atoms with Gasteiger partial charge >= 0.3 is 0 Å². The molecule has 5 heteroatoms. The Morgan fingerprint density at radius 3 is 2.86 bits per heavy atom. The average Bonchev–Trinajstić information content (AvgIpc) is 3.17. The van der Waals surface area contributed by atoms with Crippen LogP contribution in [0.25, 0.3) is 0 Å². The Morgan fingerprint density at radius 2 is 2.18 bits per heavy atom. The van der Waals surface area contributed by atoms with Gasteiger partial charge < -0.3 is 4.74 Å². The molecule has 22 heavy (non-hydrogen) atoms. The number of hydrazone groups is 1. The molecule has 0 bridgehead atoms. The largest absolute Gasteiger partial charge is 0.494 e. The topological polar surface area (TPSA) is 41.9 Å². The SMILES string of the molecule is CCOc1ccccc1C1CC(c2cccs2)=NN1C(C)=O. The first-order chi connectivity index (χ1) is 10.7. The molecule has 114 valence electrons. The summed E-state index contributed by atoms with van der Waals surface area (Å²) in [5.41, 5.74) is 1.97. The molecule has 1 unspecified atom stereocenters. The maximum atomic E-state index is 12.0. The molecule has 0 saturated carbocycles. The zero-order chi connectivity index (χ0) is 15.5. The van der Waals surface area contributed by atoms with Gasteiger partial charge in [0.1, 0.15) is 5.75 Å². The maximum absolute atomic E-state index is 12.0. The number of hydrogen-bond donors (Lipinski definition) is 0. The van der Waals surface area contributed by atoms with Crippen molar-refractivity contribution in [3.8, 4) is 5.75 Å². The molecule has 1 aliphatic rings. The van der Waals surface area contributed by atoms with Crippen LogP contribution in [-0.2, 0) is 4.79 Å². The van der Waals surface area contributed by atoms with Crippen LogP contribution in [-0.4, -0.2) is 23.2 Å². The van der Waals surface area contributed by atoms with Crippen molar-refractivity contribution >= 4 is 23.0 Å². The lowest BCUT2D eigenvalue weighted by Crippen LogP contribution is -2.24. The molecule has 2 aromatic rings. The molecule has 1 aromatic carbocycles. The summed E-state index contributed by atoms with van der Waals surface area (Å²) in [5, 5.41) is 8.15. The third-order valence-electron chi connectivity index (χ3n) is 3.62. The number of para-hydroxylation sites is 1. The first kappa shape index (κ1) is 14.8. The molecular weight excluding hydrogens is 296 g/mol. The number of hydrogen-bond acceptors (Lipinski definition) is 4. The van der Waals surface area contributed by atoms with Crippen LogP contribution in [0.5, 0.6) is 5.75 Å². The van der Waals surface area contributed by atoms with Crippen molar-refractivity contribution in [2.75, 3.05) is 6.61 Å². The lowest BCUT2D eigenvalue weighted by Gasteiger charge is -2.22. The molecule has 1 aromatic heterocycles. The zero-order valence-corrected chi connectivity index (χ0v) is 13.5. The summed E-state index contributed by atoms with van der Waals surface area (Å²) in [5.74, 6) is 0.770. The fraction of sp³-hybridized carbons (Fsp3) is 0.294. The van der Waals surface area contributed by atoms with Crippen molar-refractivity contribution in [1.29, 1.82) is 0 Å². The molecule has 2 heterocycles. The normalized spacial score (nSPS) is 17.5. The maximum Gasteiger partial charge on any atom is 0.240 e. The molecule has 4 nitrogen and oxygen atoms in total. The Bertz CT molecular complexity index is 694. The molecule has 1 aliphatic heterocycles. The van der Waals surface area contributed by atoms with Gasteiger partial charge in [-0.3, -0.25) is 4.79 Å². The summed E-state index contributed by atoms with van der Waals surface area (Å²) in [4.78, 5) is 13.1. The standard InChI is InChI=1S/C17H18N2O2S/c1-3-21-16-8-5-4-7-13(16)15-11-14(17-9-6-10-22-17)18-19(15)12(2)20/h4-10,15H,3,11H2,1-2H3. The lowest BCUT2D eigenvalue weighted by molar-refractivity contribution is -0.130. The highest BCUT2D eigenvalue weighted by Gasteiger charge is 2.33. The van der Waals surface area contributed by atoms with Crippen LogP contribution in [0.3, 0.4) is 0 Å². The van der Waals surface area contributed by atoms with Crippen LogP contribution in [0.1, 0.15) is 36.8 Å². The van der Waals surface area contributed by atoms with E-state index in [-0.39, 0.29) is 11.9 Å². The number of ether oxygens (including phenoxy) is 1. The van der Waals surface area contributed by atoms with E-state index in [0.29, 0.717) is 13.0 Å². The highest BCUT2D eigenvalue weighted by Crippen LogP contribution is 2.37. The Kier molecular flexibility index (Phi) is 4.24. The monoisotopic (exact) mass is 314 g/mol. The van der Waals surface area contributed by atoms with Crippen molar-refractivity contribution in [2.45, 2.75) is 26.3 Å². The summed E-state index contributed by atoms with van der Waals surface area (Å²) in [6.07, 6.45) is 0.712. The summed E-state index contributed by atoms with van der Waals surface area (Å²) in [6.45, 7) is 4.11. The van der Waals surface area contributed by atoms with E-state index in [9.17, 15) is 4.79 Å². The fourth-order valence-corrected chi connectivity index (χ4v) is 3.40. The van der Waals surface area contributed by atoms with Gasteiger partial charge in [-0.05, 0) is 24.4 Å². The van der Waals surface area contributed by atoms with Crippen LogP contribution >= 0.6 is 11.3 Å². The molecule has 1 amide bonds. The molecule has 3 rings (SSSR count). The molecule has 0 N–H and O–H groups in total. The number of carbonyl (C=O) groups is 1. The van der Waals surface area contributed by atoms with E-state index in [2.05, 4.69) is 5.10 Å². The minimum atomic E-state index is -0.0997. The van der Waals surface area contributed by atoms with E-state index >= 15 is 0 Å². The fourth-order valence-electron chi connectivity index (χ4n) is 2.68. The van der Waals surface area contributed by atoms with Crippen molar-refractivity contribution in [2.24, 2.45) is 5.10 Å². The van der Waals surface area contributed by atoms with Gasteiger partial charge in [-0.25, -0.2) is 5.01 Å². The number of benzene rings is 1. The first-order valence-corrected chi connectivity index (χ1v) is 8.21. The third-order valence-corrected chi connectivity index (χ3v) is 4.54. The minimum absolute atomic E-state index is 0.0529. The summed E-state index contributed by atoms with van der Waals surface area (Å²) in [6, 6.07) is 11.8. The molecule has 0 aliphatic carbocycles. The molecule has 0 radical (unpaired) electrons. The molecule has 1 atom stereocenters. The van der Waals surface area contributed by atoms with Gasteiger partial charge in [0.2, 0.25) is 5.91 Å². The van der Waals surface area contributed by atoms with Gasteiger partial charge in [0.05, 0.1) is 23.2 Å². The first-order valence-electron chi connectivity index (χ1n) is 7.33. The quantitative estimate of drug-likeness (QED) is 0.860. The molecule has 0 fully saturated rings. The van der Waals surface area contributed by atoms with Gasteiger partial charge in [-0.1, -0.05) is 24.3 Å². The predicted octanol–water partition coefficient (Wildman–Crippen LogP) is 3.84. The van der Waals surface area contributed by atoms with Gasteiger partial charge in [0, 0.05) is 18.9 Å². The van der Waals surface area contributed by atoms with E-state index in [1.807, 2.05) is 48.7 Å². The molecular formula is C17H18N2O2S. The Labute approximate surface area is 134 Å². The highest BCUT2D eigenvalue weighted by molar-refractivity contribution is 7.12. The van der Waals surface area contributed by atoms with Crippen LogP contribution in [0.15, 0.2) is 46.9 Å². The van der Waals surface area contributed by atoms with Crippen molar-refractivity contribution in [3.63, 3.8) is 0 Å². The predicted molar refractivity (Wildman–Crippen MR) is 88.3 cm³/mol. The smallest absolute Gasteiger partial charge is 0.240 e. The summed E-state index contributed by atoms with van der Waals surface area (Å²) in [7, 11) is 0. The number of amides is 1. The minimum Gasteiger partial charge on any atom is -0.494 e. The van der Waals surface area contributed by atoms with Crippen LogP contribution < -0.4 is 4.74 Å². The summed E-state index contributed by atoms with van der Waals surface area (Å²) < 4.78 is 5.72. The second kappa shape index (κ2) is 6.32. The van der Waals surface area contributed by atoms with Gasteiger partial charge in [0.25, 0.3) is 0 Å². The van der Waals surface area contributed by atoms with Crippen LogP contribution in [0.4, 0.5) is 0 Å². The van der Waals surface area contributed by atoms with Crippen molar-refractivity contribution < 1.29 is 9.53 Å². The van der Waals surface area contributed by atoms with Crippen LogP contribution in [0.2, 0.25) is 0 Å². The average molecular weight is 314 g/mol. The number of carbonyl (C=O) groups excluding carboxylic acids is 1. The third kappa shape index (κ3) is 2.76. The number of nitrogens with zero attached hydrogens (tertiary/aromatic N) is 2. The van der Waals surface area contributed by atoms with E-state index in [0.717, 1.165) is 21.9 Å². The number of thiophene rings is 1. The summed E-state index contributed by atoms with van der Waals surface area (Å²) >= 11 is 1.65. The van der Waals surface area contributed by atoms with E-state index in [4.69, 9.17) is 4.74 Å². The van der Waals surface area contributed by atoms with E-state index in [1.54, 1.807) is 23.3 Å². The van der Waals surface area contributed by atoms with Crippen molar-refractivity contribution in [3.05, 3.63) is 52.2 Å². The van der Waals surface area contributed by atoms with Gasteiger partial charge in [-0.15, -0.1) is 11.3 Å². The van der Waals surface area contributed by atoms with Crippen LogP contribution in [0, 0.1) is 0 Å². The second-order valence-electron chi connectivity index (χ2n) is 5.08. The Hall–Kier alpha value is -2.14. The highest BCUT2D eigenvalue weighted by atomic mass is 32.1. The molecule has 0 spiro atoms.